The number of carbonyl (C=O) groups is 1. The maximum absolute atomic E-state index is 12.1. The van der Waals surface area contributed by atoms with Crippen LogP contribution in [0.15, 0.2) is 5.38 Å². The molecule has 0 radical (unpaired) electrons. The maximum Gasteiger partial charge on any atom is 0.227 e. The van der Waals surface area contributed by atoms with E-state index in [0.29, 0.717) is 6.54 Å². The van der Waals surface area contributed by atoms with Gasteiger partial charge in [0.2, 0.25) is 5.91 Å². The number of thiazole rings is 1. The summed E-state index contributed by atoms with van der Waals surface area (Å²) in [6.07, 6.45) is 2.03. The van der Waals surface area contributed by atoms with Gasteiger partial charge in [-0.2, -0.15) is 0 Å². The number of halogens is 2. The Morgan fingerprint density at radius 2 is 2.32 bits per heavy atom. The Hall–Kier alpha value is -0.360. The summed E-state index contributed by atoms with van der Waals surface area (Å²) in [5.41, 5.74) is 0.759. The number of amides is 1. The van der Waals surface area contributed by atoms with Crippen LogP contribution < -0.4 is 10.6 Å². The monoisotopic (exact) mass is 325 g/mol. The topological polar surface area (TPSA) is 54.0 Å². The average molecular weight is 326 g/mol. The van der Waals surface area contributed by atoms with Crippen LogP contribution in [0, 0.1) is 12.3 Å². The smallest absolute Gasteiger partial charge is 0.227 e. The minimum atomic E-state index is -0.259. The molecule has 0 aliphatic carbocycles. The number of nitrogens with one attached hydrogen (secondary N) is 2. The molecule has 1 aromatic heterocycles. The van der Waals surface area contributed by atoms with E-state index in [1.807, 2.05) is 19.2 Å². The number of rotatable bonds is 3. The summed E-state index contributed by atoms with van der Waals surface area (Å²) in [6, 6.07) is 0. The Morgan fingerprint density at radius 1 is 1.58 bits per heavy atom. The van der Waals surface area contributed by atoms with E-state index in [1.54, 1.807) is 11.3 Å². The molecule has 4 nitrogen and oxygen atoms in total. The third-order valence-corrected chi connectivity index (χ3v) is 4.18. The standard InChI is InChI=1S/C12H19N3OS.2ClH/c1-9-7-17-10(15-9)6-14-11(16)12(2)4-3-5-13-8-12;;/h7,13H,3-6,8H2,1-2H3,(H,14,16);2*1H. The molecule has 110 valence electrons. The van der Waals surface area contributed by atoms with Gasteiger partial charge in [0, 0.05) is 17.6 Å². The summed E-state index contributed by atoms with van der Waals surface area (Å²) in [5, 5.41) is 9.26. The maximum atomic E-state index is 12.1. The molecule has 0 bridgehead atoms. The van der Waals surface area contributed by atoms with Gasteiger partial charge >= 0.3 is 0 Å². The first kappa shape index (κ1) is 18.6. The van der Waals surface area contributed by atoms with Crippen LogP contribution in [0.1, 0.15) is 30.5 Å². The lowest BCUT2D eigenvalue weighted by molar-refractivity contribution is -0.131. The van der Waals surface area contributed by atoms with Gasteiger partial charge in [0.15, 0.2) is 0 Å². The minimum Gasteiger partial charge on any atom is -0.349 e. The van der Waals surface area contributed by atoms with Crippen molar-refractivity contribution in [3.63, 3.8) is 0 Å². The summed E-state index contributed by atoms with van der Waals surface area (Å²) in [5.74, 6) is 0.137. The van der Waals surface area contributed by atoms with Crippen molar-refractivity contribution in [2.24, 2.45) is 5.41 Å². The normalized spacial score (nSPS) is 22.0. The van der Waals surface area contributed by atoms with Crippen molar-refractivity contribution in [3.8, 4) is 0 Å². The van der Waals surface area contributed by atoms with Crippen molar-refractivity contribution in [3.05, 3.63) is 16.1 Å². The second-order valence-corrected chi connectivity index (χ2v) is 5.85. The van der Waals surface area contributed by atoms with Crippen LogP contribution in [0.3, 0.4) is 0 Å². The fourth-order valence-corrected chi connectivity index (χ4v) is 2.81. The number of piperidine rings is 1. The highest BCUT2D eigenvalue weighted by Crippen LogP contribution is 2.25. The molecule has 0 saturated carbocycles. The molecule has 1 aliphatic rings. The van der Waals surface area contributed by atoms with E-state index in [1.165, 1.54) is 0 Å². The van der Waals surface area contributed by atoms with Crippen LogP contribution in [0.4, 0.5) is 0 Å². The van der Waals surface area contributed by atoms with Crippen LogP contribution in [0.25, 0.3) is 0 Å². The molecule has 2 rings (SSSR count). The number of nitrogens with zero attached hydrogens (tertiary/aromatic N) is 1. The van der Waals surface area contributed by atoms with E-state index < -0.39 is 0 Å². The molecule has 1 saturated heterocycles. The van der Waals surface area contributed by atoms with Gasteiger partial charge in [-0.3, -0.25) is 4.79 Å². The largest absolute Gasteiger partial charge is 0.349 e. The van der Waals surface area contributed by atoms with Crippen molar-refractivity contribution in [2.45, 2.75) is 33.2 Å². The number of hydrogen-bond donors (Lipinski definition) is 2. The van der Waals surface area contributed by atoms with E-state index >= 15 is 0 Å². The molecule has 0 spiro atoms. The highest BCUT2D eigenvalue weighted by Gasteiger charge is 2.34. The van der Waals surface area contributed by atoms with Crippen LogP contribution in [0.2, 0.25) is 0 Å². The third kappa shape index (κ3) is 4.91. The lowest BCUT2D eigenvalue weighted by atomic mass is 9.82. The first-order valence-electron chi connectivity index (χ1n) is 6.00. The van der Waals surface area contributed by atoms with Gasteiger partial charge in [-0.05, 0) is 33.2 Å². The first-order chi connectivity index (χ1) is 8.10. The van der Waals surface area contributed by atoms with Crippen LogP contribution in [-0.4, -0.2) is 24.0 Å². The second kappa shape index (κ2) is 8.04. The molecule has 1 amide bonds. The molecule has 2 N–H and O–H groups in total. The molecule has 1 fully saturated rings. The zero-order valence-corrected chi connectivity index (χ0v) is 13.6. The number of hydrogen-bond acceptors (Lipinski definition) is 4. The fraction of sp³-hybridized carbons (Fsp3) is 0.667. The van der Waals surface area contributed by atoms with E-state index in [-0.39, 0.29) is 36.1 Å². The van der Waals surface area contributed by atoms with Crippen molar-refractivity contribution < 1.29 is 4.79 Å². The Balaban J connectivity index is 0.00000162. The van der Waals surface area contributed by atoms with Gasteiger partial charge < -0.3 is 10.6 Å². The average Bonchev–Trinajstić information content (AvgIpc) is 2.73. The van der Waals surface area contributed by atoms with Crippen molar-refractivity contribution >= 4 is 42.1 Å². The molecule has 1 aliphatic heterocycles. The molecular formula is C12H21Cl2N3OS. The highest BCUT2D eigenvalue weighted by molar-refractivity contribution is 7.09. The van der Waals surface area contributed by atoms with Gasteiger partial charge in [-0.1, -0.05) is 0 Å². The Bertz CT molecular complexity index is 405. The predicted molar refractivity (Wildman–Crippen MR) is 83.4 cm³/mol. The molecule has 0 aromatic carbocycles. The molecular weight excluding hydrogens is 305 g/mol. The quantitative estimate of drug-likeness (QED) is 0.896. The summed E-state index contributed by atoms with van der Waals surface area (Å²) >= 11 is 1.60. The summed E-state index contributed by atoms with van der Waals surface area (Å²) in [7, 11) is 0. The van der Waals surface area contributed by atoms with Gasteiger partial charge in [-0.15, -0.1) is 36.2 Å². The molecule has 1 atom stereocenters. The predicted octanol–water partition coefficient (Wildman–Crippen LogP) is 2.30. The van der Waals surface area contributed by atoms with Crippen LogP contribution in [-0.2, 0) is 11.3 Å². The van der Waals surface area contributed by atoms with E-state index in [0.717, 1.165) is 36.6 Å². The molecule has 19 heavy (non-hydrogen) atoms. The van der Waals surface area contributed by atoms with Crippen molar-refractivity contribution in [1.29, 1.82) is 0 Å². The lowest BCUT2D eigenvalue weighted by Gasteiger charge is -2.32. The summed E-state index contributed by atoms with van der Waals surface area (Å²) in [6.45, 7) is 6.34. The minimum absolute atomic E-state index is 0. The van der Waals surface area contributed by atoms with Gasteiger partial charge in [0.05, 0.1) is 12.0 Å². The van der Waals surface area contributed by atoms with E-state index in [9.17, 15) is 4.79 Å². The number of carbonyl (C=O) groups excluding carboxylic acids is 1. The lowest BCUT2D eigenvalue weighted by Crippen LogP contribution is -2.48. The molecule has 1 aromatic rings. The molecule has 1 unspecified atom stereocenters. The van der Waals surface area contributed by atoms with Crippen molar-refractivity contribution in [1.82, 2.24) is 15.6 Å². The summed E-state index contributed by atoms with van der Waals surface area (Å²) < 4.78 is 0. The zero-order chi connectivity index (χ0) is 12.3. The SMILES string of the molecule is Cc1csc(CNC(=O)C2(C)CCCNC2)n1.Cl.Cl. The van der Waals surface area contributed by atoms with E-state index in [4.69, 9.17) is 0 Å². The number of aromatic nitrogens is 1. The van der Waals surface area contributed by atoms with Gasteiger partial charge in [-0.25, -0.2) is 4.98 Å². The number of aryl methyl sites for hydroxylation is 1. The van der Waals surface area contributed by atoms with Gasteiger partial charge in [0.1, 0.15) is 5.01 Å². The van der Waals surface area contributed by atoms with E-state index in [2.05, 4.69) is 15.6 Å². The molecule has 2 heterocycles. The summed E-state index contributed by atoms with van der Waals surface area (Å²) in [4.78, 5) is 16.5. The Labute approximate surface area is 130 Å². The van der Waals surface area contributed by atoms with Crippen LogP contribution >= 0.6 is 36.2 Å². The van der Waals surface area contributed by atoms with Gasteiger partial charge in [0.25, 0.3) is 0 Å². The third-order valence-electron chi connectivity index (χ3n) is 3.21. The first-order valence-corrected chi connectivity index (χ1v) is 6.88. The second-order valence-electron chi connectivity index (χ2n) is 4.91. The Morgan fingerprint density at radius 3 is 2.84 bits per heavy atom. The molecule has 7 heteroatoms. The Kier molecular flexibility index (Phi) is 7.89. The highest BCUT2D eigenvalue weighted by atomic mass is 35.5. The van der Waals surface area contributed by atoms with Crippen LogP contribution in [0.5, 0.6) is 0 Å². The fourth-order valence-electron chi connectivity index (χ4n) is 2.10. The zero-order valence-electron chi connectivity index (χ0n) is 11.2. The van der Waals surface area contributed by atoms with Crippen molar-refractivity contribution in [2.75, 3.05) is 13.1 Å².